The number of anilines is 2. The minimum Gasteiger partial charge on any atom is -0.378 e. The van der Waals surface area contributed by atoms with E-state index in [1.54, 1.807) is 31.3 Å². The molecule has 2 rings (SSSR count). The van der Waals surface area contributed by atoms with Crippen molar-refractivity contribution in [3.8, 4) is 0 Å². The van der Waals surface area contributed by atoms with Gasteiger partial charge in [-0.25, -0.2) is 4.79 Å². The molecule has 1 aromatic carbocycles. The Labute approximate surface area is 135 Å². The highest BCUT2D eigenvalue weighted by Crippen LogP contribution is 2.15. The molecule has 4 N–H and O–H groups in total. The molecular formula is C14H21ClN4O3. The van der Waals surface area contributed by atoms with Crippen LogP contribution in [0.25, 0.3) is 0 Å². The number of carbonyl (C=O) groups is 2. The lowest BCUT2D eigenvalue weighted by atomic mass is 10.2. The Balaban J connectivity index is 0.00000242. The van der Waals surface area contributed by atoms with Gasteiger partial charge in [-0.15, -0.1) is 12.4 Å². The molecule has 1 aromatic rings. The van der Waals surface area contributed by atoms with Crippen LogP contribution in [-0.4, -0.2) is 44.8 Å². The summed E-state index contributed by atoms with van der Waals surface area (Å²) >= 11 is 0. The van der Waals surface area contributed by atoms with Crippen molar-refractivity contribution in [1.82, 2.24) is 10.6 Å². The molecule has 122 valence electrons. The zero-order valence-corrected chi connectivity index (χ0v) is 13.2. The van der Waals surface area contributed by atoms with E-state index in [-0.39, 0.29) is 30.4 Å². The third-order valence-electron chi connectivity index (χ3n) is 3.06. The average Bonchev–Trinajstić information content (AvgIpc) is 2.48. The minimum absolute atomic E-state index is 0. The van der Waals surface area contributed by atoms with Crippen molar-refractivity contribution in [2.24, 2.45) is 0 Å². The highest BCUT2D eigenvalue weighted by Gasteiger charge is 2.16. The highest BCUT2D eigenvalue weighted by molar-refractivity contribution is 5.93. The number of carbonyl (C=O) groups excluding carboxylic acids is 2. The van der Waals surface area contributed by atoms with Crippen LogP contribution >= 0.6 is 12.4 Å². The van der Waals surface area contributed by atoms with E-state index in [0.29, 0.717) is 31.0 Å². The van der Waals surface area contributed by atoms with Crippen LogP contribution in [0.2, 0.25) is 0 Å². The average molecular weight is 329 g/mol. The molecule has 1 aliphatic heterocycles. The lowest BCUT2D eigenvalue weighted by Gasteiger charge is -2.23. The number of nitrogens with one attached hydrogen (secondary N) is 4. The first-order valence-electron chi connectivity index (χ1n) is 6.87. The molecule has 8 heteroatoms. The molecule has 0 radical (unpaired) electrons. The topological polar surface area (TPSA) is 91.5 Å². The van der Waals surface area contributed by atoms with E-state index in [9.17, 15) is 9.59 Å². The Kier molecular flexibility index (Phi) is 7.65. The van der Waals surface area contributed by atoms with Crippen molar-refractivity contribution in [3.63, 3.8) is 0 Å². The standard InChI is InChI=1S/C14H20N4O3.ClH/c1-15-14(20)18-11-4-2-3-10(7-11)17-13(19)8-12-9-21-6-5-16-12;/h2-4,7,12,16H,5-6,8-9H2,1H3,(H,17,19)(H2,15,18,20);1H. The van der Waals surface area contributed by atoms with E-state index in [1.165, 1.54) is 0 Å². The van der Waals surface area contributed by atoms with Crippen molar-refractivity contribution < 1.29 is 14.3 Å². The smallest absolute Gasteiger partial charge is 0.318 e. The minimum atomic E-state index is -0.304. The van der Waals surface area contributed by atoms with Crippen LogP contribution in [0.5, 0.6) is 0 Å². The maximum Gasteiger partial charge on any atom is 0.318 e. The van der Waals surface area contributed by atoms with Crippen LogP contribution in [0.15, 0.2) is 24.3 Å². The first-order chi connectivity index (χ1) is 10.2. The number of morpholine rings is 1. The number of hydrogen-bond donors (Lipinski definition) is 4. The van der Waals surface area contributed by atoms with Crippen LogP contribution in [0, 0.1) is 0 Å². The van der Waals surface area contributed by atoms with Gasteiger partial charge in [0.15, 0.2) is 0 Å². The van der Waals surface area contributed by atoms with Gasteiger partial charge in [-0.2, -0.15) is 0 Å². The number of benzene rings is 1. The Hall–Kier alpha value is -1.83. The lowest BCUT2D eigenvalue weighted by molar-refractivity contribution is -0.117. The molecule has 22 heavy (non-hydrogen) atoms. The van der Waals surface area contributed by atoms with Crippen molar-refractivity contribution >= 4 is 35.7 Å². The molecule has 1 heterocycles. The van der Waals surface area contributed by atoms with Gasteiger partial charge in [-0.1, -0.05) is 6.07 Å². The van der Waals surface area contributed by atoms with Crippen molar-refractivity contribution in [2.75, 3.05) is 37.4 Å². The molecule has 0 bridgehead atoms. The number of hydrogen-bond acceptors (Lipinski definition) is 4. The van der Waals surface area contributed by atoms with Gasteiger partial charge in [-0.05, 0) is 18.2 Å². The zero-order chi connectivity index (χ0) is 15.1. The van der Waals surface area contributed by atoms with Crippen LogP contribution in [-0.2, 0) is 9.53 Å². The van der Waals surface area contributed by atoms with E-state index < -0.39 is 0 Å². The van der Waals surface area contributed by atoms with Gasteiger partial charge in [0, 0.05) is 37.4 Å². The Morgan fingerprint density at radius 3 is 2.68 bits per heavy atom. The van der Waals surface area contributed by atoms with Crippen molar-refractivity contribution in [1.29, 1.82) is 0 Å². The van der Waals surface area contributed by atoms with Gasteiger partial charge >= 0.3 is 6.03 Å². The largest absolute Gasteiger partial charge is 0.378 e. The van der Waals surface area contributed by atoms with E-state index in [4.69, 9.17) is 4.74 Å². The van der Waals surface area contributed by atoms with Gasteiger partial charge in [-0.3, -0.25) is 4.79 Å². The molecule has 0 spiro atoms. The molecule has 1 saturated heterocycles. The monoisotopic (exact) mass is 328 g/mol. The summed E-state index contributed by atoms with van der Waals surface area (Å²) in [6.45, 7) is 2.00. The SMILES string of the molecule is CNC(=O)Nc1cccc(NC(=O)CC2COCCN2)c1.Cl. The first kappa shape index (κ1) is 18.2. The molecule has 3 amide bonds. The molecule has 1 atom stereocenters. The fourth-order valence-corrected chi connectivity index (χ4v) is 2.05. The van der Waals surface area contributed by atoms with E-state index in [0.717, 1.165) is 6.54 Å². The van der Waals surface area contributed by atoms with Crippen LogP contribution < -0.4 is 21.3 Å². The molecule has 1 unspecified atom stereocenters. The Bertz CT molecular complexity index is 507. The van der Waals surface area contributed by atoms with Gasteiger partial charge < -0.3 is 26.0 Å². The fraction of sp³-hybridized carbons (Fsp3) is 0.429. The summed E-state index contributed by atoms with van der Waals surface area (Å²) in [6.07, 6.45) is 0.354. The van der Waals surface area contributed by atoms with E-state index in [1.807, 2.05) is 0 Å². The van der Waals surface area contributed by atoms with E-state index >= 15 is 0 Å². The molecule has 0 aliphatic carbocycles. The number of halogens is 1. The highest BCUT2D eigenvalue weighted by atomic mass is 35.5. The molecule has 0 saturated carbocycles. The second-order valence-electron chi connectivity index (χ2n) is 4.76. The maximum atomic E-state index is 12.0. The Morgan fingerprint density at radius 1 is 1.32 bits per heavy atom. The zero-order valence-electron chi connectivity index (χ0n) is 12.3. The lowest BCUT2D eigenvalue weighted by Crippen LogP contribution is -2.43. The maximum absolute atomic E-state index is 12.0. The van der Waals surface area contributed by atoms with Crippen LogP contribution in [0.3, 0.4) is 0 Å². The summed E-state index contributed by atoms with van der Waals surface area (Å²) < 4.78 is 5.31. The summed E-state index contributed by atoms with van der Waals surface area (Å²) in [5.74, 6) is -0.0879. The summed E-state index contributed by atoms with van der Waals surface area (Å²) in [5, 5.41) is 11.2. The summed E-state index contributed by atoms with van der Waals surface area (Å²) in [4.78, 5) is 23.2. The number of urea groups is 1. The Morgan fingerprint density at radius 2 is 2.05 bits per heavy atom. The third kappa shape index (κ3) is 5.88. The molecule has 0 aromatic heterocycles. The third-order valence-corrected chi connectivity index (χ3v) is 3.06. The number of amides is 3. The number of ether oxygens (including phenoxy) is 1. The summed E-state index contributed by atoms with van der Waals surface area (Å²) in [7, 11) is 1.54. The van der Waals surface area contributed by atoms with E-state index in [2.05, 4.69) is 21.3 Å². The molecule has 1 aliphatic rings. The normalized spacial score (nSPS) is 17.0. The summed E-state index contributed by atoms with van der Waals surface area (Å²) in [6, 6.07) is 6.74. The molecular weight excluding hydrogens is 308 g/mol. The molecule has 1 fully saturated rings. The van der Waals surface area contributed by atoms with Crippen LogP contribution in [0.1, 0.15) is 6.42 Å². The fourth-order valence-electron chi connectivity index (χ4n) is 2.05. The number of rotatable bonds is 4. The van der Waals surface area contributed by atoms with Gasteiger partial charge in [0.05, 0.1) is 13.2 Å². The second-order valence-corrected chi connectivity index (χ2v) is 4.76. The summed E-state index contributed by atoms with van der Waals surface area (Å²) in [5.41, 5.74) is 1.26. The quantitative estimate of drug-likeness (QED) is 0.668. The molecule has 7 nitrogen and oxygen atoms in total. The predicted molar refractivity (Wildman–Crippen MR) is 87.6 cm³/mol. The van der Waals surface area contributed by atoms with Gasteiger partial charge in [0.2, 0.25) is 5.91 Å². The van der Waals surface area contributed by atoms with Crippen molar-refractivity contribution in [3.05, 3.63) is 24.3 Å². The van der Waals surface area contributed by atoms with Gasteiger partial charge in [0.1, 0.15) is 0 Å². The van der Waals surface area contributed by atoms with Crippen LogP contribution in [0.4, 0.5) is 16.2 Å². The second kappa shape index (κ2) is 9.24. The first-order valence-corrected chi connectivity index (χ1v) is 6.87. The predicted octanol–water partition coefficient (Wildman–Crippen LogP) is 1.18. The van der Waals surface area contributed by atoms with Gasteiger partial charge in [0.25, 0.3) is 0 Å². The van der Waals surface area contributed by atoms with Crippen molar-refractivity contribution in [2.45, 2.75) is 12.5 Å².